The van der Waals surface area contributed by atoms with E-state index in [4.69, 9.17) is 9.47 Å². The van der Waals surface area contributed by atoms with Crippen molar-refractivity contribution in [1.29, 1.82) is 0 Å². The second kappa shape index (κ2) is 6.28. The maximum atomic E-state index is 12.1. The molecule has 4 unspecified atom stereocenters. The van der Waals surface area contributed by atoms with Gasteiger partial charge in [0.05, 0.1) is 6.61 Å². The summed E-state index contributed by atoms with van der Waals surface area (Å²) in [6.07, 6.45) is 9.42. The number of carbonyl (C=O) groups is 2. The number of ether oxygens (including phenoxy) is 2. The van der Waals surface area contributed by atoms with Gasteiger partial charge < -0.3 is 14.6 Å². The number of Topliss-reactive ketones (excluding diaryl/α,β-unsaturated/α-hetero) is 1. The fourth-order valence-electron chi connectivity index (χ4n) is 8.52. The van der Waals surface area contributed by atoms with Crippen molar-refractivity contribution in [2.45, 2.75) is 77.4 Å². The topological polar surface area (TPSA) is 72.8 Å². The van der Waals surface area contributed by atoms with Gasteiger partial charge in [-0.1, -0.05) is 6.92 Å². The molecule has 1 heterocycles. The van der Waals surface area contributed by atoms with E-state index in [0.717, 1.165) is 38.5 Å². The quantitative estimate of drug-likeness (QED) is 0.731. The molecule has 1 spiro atoms. The lowest BCUT2D eigenvalue weighted by atomic mass is 9.44. The molecule has 28 heavy (non-hydrogen) atoms. The summed E-state index contributed by atoms with van der Waals surface area (Å²) in [5.41, 5.74) is 0.355. The Bertz CT molecular complexity index is 690. The minimum Gasteiger partial charge on any atom is -0.460 e. The van der Waals surface area contributed by atoms with Gasteiger partial charge in [0.15, 0.2) is 0 Å². The molecule has 8 atom stereocenters. The minimum absolute atomic E-state index is 0.0442. The Kier molecular flexibility index (Phi) is 4.27. The Balaban J connectivity index is 1.39. The standard InChI is InChI=1S/C23H34O5/c1-14(24)27-13-23(26)20-6-5-19-17-4-3-15-11-16(25)7-9-21(15,2)18(17)8-10-22(19,20)12-28-23/h15,17-20,26H,3-13H2,1-2H3/t15-,17+,18-,19-,20?,21?,22?,23?/m0/s1. The molecule has 1 aliphatic heterocycles. The van der Waals surface area contributed by atoms with Gasteiger partial charge in [-0.25, -0.2) is 0 Å². The van der Waals surface area contributed by atoms with Crippen LogP contribution in [0.15, 0.2) is 0 Å². The number of hydrogen-bond acceptors (Lipinski definition) is 5. The van der Waals surface area contributed by atoms with Crippen LogP contribution in [0, 0.1) is 40.4 Å². The van der Waals surface area contributed by atoms with Gasteiger partial charge in [-0.3, -0.25) is 9.59 Å². The van der Waals surface area contributed by atoms with E-state index in [9.17, 15) is 14.7 Å². The molecule has 4 aliphatic carbocycles. The van der Waals surface area contributed by atoms with Crippen LogP contribution in [0.1, 0.15) is 71.6 Å². The fourth-order valence-corrected chi connectivity index (χ4v) is 8.52. The molecular formula is C23H34O5. The summed E-state index contributed by atoms with van der Waals surface area (Å²) >= 11 is 0. The Morgan fingerprint density at radius 1 is 1.18 bits per heavy atom. The van der Waals surface area contributed by atoms with E-state index in [0.29, 0.717) is 41.5 Å². The first-order valence-electron chi connectivity index (χ1n) is 11.3. The summed E-state index contributed by atoms with van der Waals surface area (Å²) in [6.45, 7) is 4.40. The Morgan fingerprint density at radius 3 is 2.79 bits per heavy atom. The largest absolute Gasteiger partial charge is 0.460 e. The molecule has 1 saturated heterocycles. The average molecular weight is 391 g/mol. The predicted molar refractivity (Wildman–Crippen MR) is 102 cm³/mol. The van der Waals surface area contributed by atoms with Crippen molar-refractivity contribution in [1.82, 2.24) is 0 Å². The van der Waals surface area contributed by atoms with Crippen LogP contribution in [0.25, 0.3) is 0 Å². The SMILES string of the molecule is CC(=O)OCC1(O)OCC23CC[C@H]4[C@@H](CC[C@H]5CC(=O)CCC54C)[C@@H]2CCC13. The summed E-state index contributed by atoms with van der Waals surface area (Å²) in [6, 6.07) is 0. The molecule has 0 aromatic rings. The average Bonchev–Trinajstić information content (AvgIpc) is 3.17. The predicted octanol–water partition coefficient (Wildman–Crippen LogP) is 3.48. The molecule has 0 bridgehead atoms. The molecule has 0 aromatic heterocycles. The summed E-state index contributed by atoms with van der Waals surface area (Å²) in [5, 5.41) is 11.2. The minimum atomic E-state index is -1.31. The van der Waals surface area contributed by atoms with Crippen LogP contribution in [0.4, 0.5) is 0 Å². The second-order valence-corrected chi connectivity index (χ2v) is 10.7. The van der Waals surface area contributed by atoms with Crippen LogP contribution in [0.5, 0.6) is 0 Å². The van der Waals surface area contributed by atoms with Crippen molar-refractivity contribution in [2.75, 3.05) is 13.2 Å². The molecule has 0 radical (unpaired) electrons. The molecule has 4 saturated carbocycles. The zero-order valence-corrected chi connectivity index (χ0v) is 17.2. The van der Waals surface area contributed by atoms with E-state index in [1.54, 1.807) is 0 Å². The van der Waals surface area contributed by atoms with E-state index in [-0.39, 0.29) is 23.9 Å². The maximum absolute atomic E-state index is 12.1. The first-order valence-corrected chi connectivity index (χ1v) is 11.3. The Morgan fingerprint density at radius 2 is 2.00 bits per heavy atom. The van der Waals surface area contributed by atoms with Gasteiger partial charge in [0.1, 0.15) is 12.4 Å². The molecule has 156 valence electrons. The van der Waals surface area contributed by atoms with Crippen molar-refractivity contribution in [3.8, 4) is 0 Å². The van der Waals surface area contributed by atoms with Crippen molar-refractivity contribution in [3.05, 3.63) is 0 Å². The number of rotatable bonds is 2. The van der Waals surface area contributed by atoms with Gasteiger partial charge in [0.25, 0.3) is 0 Å². The van der Waals surface area contributed by atoms with E-state index < -0.39 is 5.79 Å². The molecule has 5 rings (SSSR count). The molecule has 0 aromatic carbocycles. The third-order valence-corrected chi connectivity index (χ3v) is 9.82. The van der Waals surface area contributed by atoms with Gasteiger partial charge >= 0.3 is 5.97 Å². The molecule has 5 fully saturated rings. The monoisotopic (exact) mass is 390 g/mol. The van der Waals surface area contributed by atoms with E-state index in [1.807, 2.05) is 0 Å². The first-order chi connectivity index (χ1) is 13.3. The maximum Gasteiger partial charge on any atom is 0.302 e. The third kappa shape index (κ3) is 2.51. The second-order valence-electron chi connectivity index (χ2n) is 10.7. The lowest BCUT2D eigenvalue weighted by Crippen LogP contribution is -2.55. The lowest BCUT2D eigenvalue weighted by Gasteiger charge is -2.60. The van der Waals surface area contributed by atoms with Gasteiger partial charge in [0, 0.05) is 31.1 Å². The van der Waals surface area contributed by atoms with Gasteiger partial charge in [-0.2, -0.15) is 0 Å². The number of fused-ring (bicyclic) bond motifs is 4. The van der Waals surface area contributed by atoms with Gasteiger partial charge in [-0.15, -0.1) is 0 Å². The fraction of sp³-hybridized carbons (Fsp3) is 0.913. The molecule has 1 N–H and O–H groups in total. The third-order valence-electron chi connectivity index (χ3n) is 9.82. The highest BCUT2D eigenvalue weighted by molar-refractivity contribution is 5.79. The van der Waals surface area contributed by atoms with E-state index in [1.165, 1.54) is 26.2 Å². The van der Waals surface area contributed by atoms with Crippen LogP contribution in [0.2, 0.25) is 0 Å². The van der Waals surface area contributed by atoms with Crippen LogP contribution >= 0.6 is 0 Å². The van der Waals surface area contributed by atoms with Gasteiger partial charge in [0.2, 0.25) is 5.79 Å². The van der Waals surface area contributed by atoms with Crippen molar-refractivity contribution < 1.29 is 24.2 Å². The zero-order valence-electron chi connectivity index (χ0n) is 17.2. The van der Waals surface area contributed by atoms with Crippen molar-refractivity contribution in [3.63, 3.8) is 0 Å². The molecule has 5 nitrogen and oxygen atoms in total. The van der Waals surface area contributed by atoms with E-state index >= 15 is 0 Å². The summed E-state index contributed by atoms with van der Waals surface area (Å²) in [5.74, 6) is 1.42. The summed E-state index contributed by atoms with van der Waals surface area (Å²) < 4.78 is 11.1. The van der Waals surface area contributed by atoms with Crippen LogP contribution in [-0.4, -0.2) is 35.9 Å². The Hall–Kier alpha value is -0.940. The number of carbonyl (C=O) groups excluding carboxylic acids is 2. The molecule has 0 amide bonds. The van der Waals surface area contributed by atoms with Crippen molar-refractivity contribution >= 4 is 11.8 Å². The van der Waals surface area contributed by atoms with Crippen LogP contribution in [0.3, 0.4) is 0 Å². The normalized spacial score (nSPS) is 52.4. The first kappa shape index (κ1) is 19.0. The zero-order chi connectivity index (χ0) is 19.7. The highest BCUT2D eigenvalue weighted by Gasteiger charge is 2.68. The number of hydrogen-bond donors (Lipinski definition) is 1. The smallest absolute Gasteiger partial charge is 0.302 e. The highest BCUT2D eigenvalue weighted by atomic mass is 16.7. The molecule has 5 aliphatic rings. The van der Waals surface area contributed by atoms with Crippen LogP contribution < -0.4 is 0 Å². The highest BCUT2D eigenvalue weighted by Crippen LogP contribution is 2.70. The summed E-state index contributed by atoms with van der Waals surface area (Å²) in [7, 11) is 0. The van der Waals surface area contributed by atoms with Gasteiger partial charge in [-0.05, 0) is 74.0 Å². The Labute approximate surface area is 167 Å². The molecule has 5 heteroatoms. The number of aliphatic hydroxyl groups is 1. The van der Waals surface area contributed by atoms with Crippen LogP contribution in [-0.2, 0) is 19.1 Å². The van der Waals surface area contributed by atoms with E-state index in [2.05, 4.69) is 6.92 Å². The molecular weight excluding hydrogens is 356 g/mol. The lowest BCUT2D eigenvalue weighted by molar-refractivity contribution is -0.225. The number of ketones is 1. The number of esters is 1. The van der Waals surface area contributed by atoms with Crippen molar-refractivity contribution in [2.24, 2.45) is 40.4 Å². The summed E-state index contributed by atoms with van der Waals surface area (Å²) in [4.78, 5) is 23.3.